The summed E-state index contributed by atoms with van der Waals surface area (Å²) in [6.45, 7) is 5.39. The minimum absolute atomic E-state index is 0.0381. The van der Waals surface area contributed by atoms with Crippen LogP contribution in [0.2, 0.25) is 0 Å². The van der Waals surface area contributed by atoms with E-state index in [2.05, 4.69) is 13.8 Å². The Kier molecular flexibility index (Phi) is 11.4. The fourth-order valence-electron chi connectivity index (χ4n) is 4.54. The Hall–Kier alpha value is -1.89. The second-order valence-electron chi connectivity index (χ2n) is 9.29. The van der Waals surface area contributed by atoms with Gasteiger partial charge in [0.1, 0.15) is 0 Å². The van der Waals surface area contributed by atoms with Gasteiger partial charge in [0.15, 0.2) is 9.84 Å². The molecule has 7 heteroatoms. The molecule has 1 aliphatic carbocycles. The molecule has 0 heterocycles. The zero-order chi connectivity index (χ0) is 24.3. The monoisotopic (exact) mass is 479 g/mol. The molecule has 0 aromatic heterocycles. The molecular formula is C26H41NO5S. The Morgan fingerprint density at radius 3 is 2.15 bits per heavy atom. The SMILES string of the molecule is CCCCCN(CCCCC)C(=O)C(CCC(=O)O)CS(=O)(=O)c1ccc2c(c1)CCCC2. The molecule has 0 spiro atoms. The lowest BCUT2D eigenvalue weighted by Crippen LogP contribution is -2.40. The van der Waals surface area contributed by atoms with Crippen LogP contribution in [-0.2, 0) is 32.3 Å². The van der Waals surface area contributed by atoms with Gasteiger partial charge >= 0.3 is 5.97 Å². The maximum Gasteiger partial charge on any atom is 0.303 e. The number of aryl methyl sites for hydroxylation is 2. The molecule has 1 amide bonds. The highest BCUT2D eigenvalue weighted by Crippen LogP contribution is 2.26. The minimum atomic E-state index is -3.71. The standard InChI is InChI=1S/C26H41NO5S/c1-3-5-9-17-27(18-10-6-4-2)26(30)23(14-16-25(28)29)20-33(31,32)24-15-13-21-11-7-8-12-22(21)19-24/h13,15,19,23H,3-12,14,16-18,20H2,1-2H3,(H,28,29). The highest BCUT2D eigenvalue weighted by molar-refractivity contribution is 7.91. The molecular weight excluding hydrogens is 438 g/mol. The van der Waals surface area contributed by atoms with Crippen LogP contribution in [0.1, 0.15) is 89.2 Å². The summed E-state index contributed by atoms with van der Waals surface area (Å²) < 4.78 is 26.6. The van der Waals surface area contributed by atoms with Crippen molar-refractivity contribution >= 4 is 21.7 Å². The number of carboxylic acids is 1. The number of aliphatic carboxylic acids is 1. The maximum absolute atomic E-state index is 13.5. The number of unbranched alkanes of at least 4 members (excludes halogenated alkanes) is 4. The van der Waals surface area contributed by atoms with E-state index in [9.17, 15) is 23.1 Å². The average Bonchev–Trinajstić information content (AvgIpc) is 2.80. The average molecular weight is 480 g/mol. The normalized spacial score (nSPS) is 14.5. The molecule has 2 rings (SSSR count). The Labute approximate surface area is 199 Å². The third-order valence-electron chi connectivity index (χ3n) is 6.53. The van der Waals surface area contributed by atoms with Gasteiger partial charge in [0, 0.05) is 19.5 Å². The van der Waals surface area contributed by atoms with E-state index < -0.39 is 21.7 Å². The first-order chi connectivity index (χ1) is 15.8. The second-order valence-corrected chi connectivity index (χ2v) is 11.3. The molecule has 0 radical (unpaired) electrons. The summed E-state index contributed by atoms with van der Waals surface area (Å²) in [5.74, 6) is -2.41. The van der Waals surface area contributed by atoms with Crippen molar-refractivity contribution in [3.8, 4) is 0 Å². The Bertz CT molecular complexity index is 871. The molecule has 0 saturated carbocycles. The van der Waals surface area contributed by atoms with Crippen molar-refractivity contribution < 1.29 is 23.1 Å². The Morgan fingerprint density at radius 1 is 0.970 bits per heavy atom. The van der Waals surface area contributed by atoms with Crippen molar-refractivity contribution in [2.24, 2.45) is 5.92 Å². The highest BCUT2D eigenvalue weighted by atomic mass is 32.2. The van der Waals surface area contributed by atoms with Gasteiger partial charge in [0.05, 0.1) is 16.6 Å². The first kappa shape index (κ1) is 27.4. The van der Waals surface area contributed by atoms with Gasteiger partial charge in [-0.2, -0.15) is 0 Å². The maximum atomic E-state index is 13.5. The smallest absolute Gasteiger partial charge is 0.303 e. The van der Waals surface area contributed by atoms with E-state index in [1.807, 2.05) is 6.07 Å². The number of hydrogen-bond donors (Lipinski definition) is 1. The van der Waals surface area contributed by atoms with Crippen molar-refractivity contribution in [1.82, 2.24) is 4.90 Å². The van der Waals surface area contributed by atoms with Gasteiger partial charge in [-0.05, 0) is 68.2 Å². The van der Waals surface area contributed by atoms with Crippen LogP contribution in [0.25, 0.3) is 0 Å². The number of benzene rings is 1. The number of fused-ring (bicyclic) bond motifs is 1. The zero-order valence-corrected chi connectivity index (χ0v) is 21.2. The number of sulfone groups is 1. The number of rotatable bonds is 15. The summed E-state index contributed by atoms with van der Waals surface area (Å²) in [4.78, 5) is 26.7. The molecule has 1 aliphatic rings. The van der Waals surface area contributed by atoms with Crippen LogP contribution >= 0.6 is 0 Å². The van der Waals surface area contributed by atoms with Crippen molar-refractivity contribution in [3.63, 3.8) is 0 Å². The fraction of sp³-hybridized carbons (Fsp3) is 0.692. The molecule has 1 aromatic rings. The molecule has 1 aromatic carbocycles. The molecule has 0 bridgehead atoms. The van der Waals surface area contributed by atoms with Crippen molar-refractivity contribution in [1.29, 1.82) is 0 Å². The third kappa shape index (κ3) is 8.76. The Balaban J connectivity index is 2.22. The highest BCUT2D eigenvalue weighted by Gasteiger charge is 2.31. The molecule has 0 aliphatic heterocycles. The van der Waals surface area contributed by atoms with Crippen LogP contribution in [-0.4, -0.2) is 49.1 Å². The van der Waals surface area contributed by atoms with Crippen LogP contribution < -0.4 is 0 Å². The number of carboxylic acid groups (broad SMARTS) is 1. The molecule has 33 heavy (non-hydrogen) atoms. The summed E-state index contributed by atoms with van der Waals surface area (Å²) in [5.41, 5.74) is 2.29. The van der Waals surface area contributed by atoms with Crippen LogP contribution in [0.5, 0.6) is 0 Å². The van der Waals surface area contributed by atoms with Gasteiger partial charge in [-0.15, -0.1) is 0 Å². The predicted molar refractivity (Wildman–Crippen MR) is 131 cm³/mol. The van der Waals surface area contributed by atoms with E-state index in [1.165, 1.54) is 5.56 Å². The molecule has 0 saturated heterocycles. The van der Waals surface area contributed by atoms with Gasteiger partial charge in [-0.25, -0.2) is 8.42 Å². The van der Waals surface area contributed by atoms with Gasteiger partial charge in [0.25, 0.3) is 0 Å². The quantitative estimate of drug-likeness (QED) is 0.356. The summed E-state index contributed by atoms with van der Waals surface area (Å²) in [5, 5.41) is 9.20. The summed E-state index contributed by atoms with van der Waals surface area (Å²) >= 11 is 0. The molecule has 0 fully saturated rings. The van der Waals surface area contributed by atoms with Gasteiger partial charge in [-0.1, -0.05) is 45.6 Å². The first-order valence-electron chi connectivity index (χ1n) is 12.6. The first-order valence-corrected chi connectivity index (χ1v) is 14.3. The van der Waals surface area contributed by atoms with Gasteiger partial charge in [0.2, 0.25) is 5.91 Å². The van der Waals surface area contributed by atoms with E-state index >= 15 is 0 Å². The molecule has 1 unspecified atom stereocenters. The Morgan fingerprint density at radius 2 is 1.58 bits per heavy atom. The lowest BCUT2D eigenvalue weighted by atomic mass is 9.92. The van der Waals surface area contributed by atoms with Crippen LogP contribution in [0.3, 0.4) is 0 Å². The topological polar surface area (TPSA) is 91.8 Å². The molecule has 1 N–H and O–H groups in total. The number of carbonyl (C=O) groups is 2. The third-order valence-corrected chi connectivity index (χ3v) is 8.34. The number of nitrogens with zero attached hydrogens (tertiary/aromatic N) is 1. The van der Waals surface area contributed by atoms with E-state index in [1.54, 1.807) is 17.0 Å². The lowest BCUT2D eigenvalue weighted by molar-refractivity contribution is -0.138. The summed E-state index contributed by atoms with van der Waals surface area (Å²) in [7, 11) is -3.71. The molecule has 6 nitrogen and oxygen atoms in total. The van der Waals surface area contributed by atoms with E-state index in [0.29, 0.717) is 13.1 Å². The van der Waals surface area contributed by atoms with Crippen LogP contribution in [0.15, 0.2) is 23.1 Å². The van der Waals surface area contributed by atoms with Gasteiger partial charge < -0.3 is 10.0 Å². The van der Waals surface area contributed by atoms with Gasteiger partial charge in [-0.3, -0.25) is 9.59 Å². The number of carbonyl (C=O) groups excluding carboxylic acids is 1. The van der Waals surface area contributed by atoms with E-state index in [-0.39, 0.29) is 29.4 Å². The van der Waals surface area contributed by atoms with Crippen LogP contribution in [0, 0.1) is 5.92 Å². The summed E-state index contributed by atoms with van der Waals surface area (Å²) in [6, 6.07) is 5.32. The fourth-order valence-corrected chi connectivity index (χ4v) is 6.16. The lowest BCUT2D eigenvalue weighted by Gasteiger charge is -2.27. The summed E-state index contributed by atoms with van der Waals surface area (Å²) in [6.07, 6.45) is 9.67. The van der Waals surface area contributed by atoms with E-state index in [4.69, 9.17) is 0 Å². The molecule has 186 valence electrons. The number of hydrogen-bond acceptors (Lipinski definition) is 4. The van der Waals surface area contributed by atoms with Crippen LogP contribution in [0.4, 0.5) is 0 Å². The van der Waals surface area contributed by atoms with E-state index in [0.717, 1.165) is 69.8 Å². The largest absolute Gasteiger partial charge is 0.481 e. The molecule has 1 atom stereocenters. The van der Waals surface area contributed by atoms with Crippen molar-refractivity contribution in [2.45, 2.75) is 95.8 Å². The van der Waals surface area contributed by atoms with Crippen molar-refractivity contribution in [3.05, 3.63) is 29.3 Å². The minimum Gasteiger partial charge on any atom is -0.481 e. The van der Waals surface area contributed by atoms with Crippen molar-refractivity contribution in [2.75, 3.05) is 18.8 Å². The zero-order valence-electron chi connectivity index (χ0n) is 20.4. The predicted octanol–water partition coefficient (Wildman–Crippen LogP) is 5.03. The number of amides is 1. The second kappa shape index (κ2) is 13.7.